The summed E-state index contributed by atoms with van der Waals surface area (Å²) in [4.78, 5) is 30.2. The summed E-state index contributed by atoms with van der Waals surface area (Å²) in [6.45, 7) is 0. The van der Waals surface area contributed by atoms with E-state index in [1.165, 1.54) is 25.6 Å². The molecule has 166 valence electrons. The van der Waals surface area contributed by atoms with E-state index in [2.05, 4.69) is 15.6 Å². The number of carbonyl (C=O) groups excluding carboxylic acids is 2. The van der Waals surface area contributed by atoms with Crippen molar-refractivity contribution in [1.29, 1.82) is 0 Å². The average molecular weight is 460 g/mol. The van der Waals surface area contributed by atoms with Gasteiger partial charge in [-0.05, 0) is 12.1 Å². The molecular weight excluding hydrogens is 438 g/mol. The van der Waals surface area contributed by atoms with E-state index in [0.717, 1.165) is 10.6 Å². The van der Waals surface area contributed by atoms with E-state index in [1.807, 2.05) is 36.4 Å². The highest BCUT2D eigenvalue weighted by Crippen LogP contribution is 2.37. The zero-order chi connectivity index (χ0) is 23.2. The van der Waals surface area contributed by atoms with Gasteiger partial charge in [-0.25, -0.2) is 4.98 Å². The SMILES string of the molecule is COc1cc(NC(=O)c2cnc(-c3ccccc3)s2)c(OC)cc1NC(=O)c1ccccc1. The normalized spacial score (nSPS) is 10.4. The summed E-state index contributed by atoms with van der Waals surface area (Å²) >= 11 is 1.29. The van der Waals surface area contributed by atoms with Crippen LogP contribution in [0.5, 0.6) is 11.5 Å². The third-order valence-corrected chi connectivity index (χ3v) is 5.85. The van der Waals surface area contributed by atoms with Gasteiger partial charge in [0.05, 0.1) is 31.8 Å². The number of nitrogens with one attached hydrogen (secondary N) is 2. The highest BCUT2D eigenvalue weighted by molar-refractivity contribution is 7.17. The lowest BCUT2D eigenvalue weighted by Gasteiger charge is -2.16. The van der Waals surface area contributed by atoms with Gasteiger partial charge >= 0.3 is 0 Å². The molecule has 33 heavy (non-hydrogen) atoms. The fraction of sp³-hybridized carbons (Fsp3) is 0.0800. The van der Waals surface area contributed by atoms with Crippen LogP contribution in [0.2, 0.25) is 0 Å². The number of methoxy groups -OCH3 is 2. The summed E-state index contributed by atoms with van der Waals surface area (Å²) in [5.74, 6) is 0.145. The van der Waals surface area contributed by atoms with E-state index >= 15 is 0 Å². The van der Waals surface area contributed by atoms with Crippen molar-refractivity contribution in [3.05, 3.63) is 89.4 Å². The smallest absolute Gasteiger partial charge is 0.267 e. The Hall–Kier alpha value is -4.17. The molecule has 8 heteroatoms. The largest absolute Gasteiger partial charge is 0.494 e. The van der Waals surface area contributed by atoms with Crippen LogP contribution in [0.4, 0.5) is 11.4 Å². The average Bonchev–Trinajstić information content (AvgIpc) is 3.36. The van der Waals surface area contributed by atoms with Gasteiger partial charge in [-0.1, -0.05) is 48.5 Å². The Morgan fingerprint density at radius 2 is 1.33 bits per heavy atom. The second kappa shape index (κ2) is 9.97. The molecule has 4 aromatic rings. The van der Waals surface area contributed by atoms with Crippen LogP contribution < -0.4 is 20.1 Å². The first-order valence-corrected chi connectivity index (χ1v) is 10.9. The van der Waals surface area contributed by atoms with Crippen LogP contribution in [0.3, 0.4) is 0 Å². The molecule has 2 N–H and O–H groups in total. The number of anilines is 2. The Morgan fingerprint density at radius 3 is 1.91 bits per heavy atom. The molecule has 1 aromatic heterocycles. The maximum atomic E-state index is 12.9. The number of carbonyl (C=O) groups is 2. The summed E-state index contributed by atoms with van der Waals surface area (Å²) in [7, 11) is 2.97. The summed E-state index contributed by atoms with van der Waals surface area (Å²) < 4.78 is 10.9. The molecule has 3 aromatic carbocycles. The van der Waals surface area contributed by atoms with Crippen molar-refractivity contribution in [2.24, 2.45) is 0 Å². The van der Waals surface area contributed by atoms with E-state index in [9.17, 15) is 9.59 Å². The van der Waals surface area contributed by atoms with Gasteiger partial charge in [0.15, 0.2) is 0 Å². The second-order valence-corrected chi connectivity index (χ2v) is 7.95. The van der Waals surface area contributed by atoms with Crippen molar-refractivity contribution in [1.82, 2.24) is 4.98 Å². The fourth-order valence-electron chi connectivity index (χ4n) is 3.15. The Bertz CT molecular complexity index is 1270. The molecule has 0 aliphatic carbocycles. The number of aromatic nitrogens is 1. The van der Waals surface area contributed by atoms with E-state index in [4.69, 9.17) is 9.47 Å². The molecule has 0 aliphatic rings. The van der Waals surface area contributed by atoms with Crippen molar-refractivity contribution < 1.29 is 19.1 Å². The van der Waals surface area contributed by atoms with Crippen LogP contribution in [-0.4, -0.2) is 31.0 Å². The van der Waals surface area contributed by atoms with Gasteiger partial charge in [-0.3, -0.25) is 9.59 Å². The molecule has 0 atom stereocenters. The number of thiazole rings is 1. The molecule has 4 rings (SSSR count). The lowest BCUT2D eigenvalue weighted by Crippen LogP contribution is -2.14. The lowest BCUT2D eigenvalue weighted by molar-refractivity contribution is 0.101. The Balaban J connectivity index is 1.56. The third kappa shape index (κ3) is 5.02. The molecule has 0 saturated heterocycles. The van der Waals surface area contributed by atoms with Gasteiger partial charge in [-0.2, -0.15) is 0 Å². The maximum absolute atomic E-state index is 12.9. The number of rotatable bonds is 7. The van der Waals surface area contributed by atoms with Crippen LogP contribution in [0, 0.1) is 0 Å². The summed E-state index contributed by atoms with van der Waals surface area (Å²) in [6.07, 6.45) is 1.54. The molecule has 7 nitrogen and oxygen atoms in total. The van der Waals surface area contributed by atoms with Gasteiger partial charge in [0.25, 0.3) is 11.8 Å². The van der Waals surface area contributed by atoms with Crippen molar-refractivity contribution in [2.45, 2.75) is 0 Å². The van der Waals surface area contributed by atoms with E-state index in [-0.39, 0.29) is 11.8 Å². The lowest BCUT2D eigenvalue weighted by atomic mass is 10.2. The van der Waals surface area contributed by atoms with Crippen LogP contribution in [0.1, 0.15) is 20.0 Å². The number of benzene rings is 3. The molecule has 0 aliphatic heterocycles. The monoisotopic (exact) mass is 459 g/mol. The van der Waals surface area contributed by atoms with Gasteiger partial charge in [-0.15, -0.1) is 11.3 Å². The van der Waals surface area contributed by atoms with Gasteiger partial charge < -0.3 is 20.1 Å². The first-order chi connectivity index (χ1) is 16.1. The molecular formula is C25H21N3O4S. The number of hydrogen-bond donors (Lipinski definition) is 2. The van der Waals surface area contributed by atoms with Gasteiger partial charge in [0.2, 0.25) is 0 Å². The maximum Gasteiger partial charge on any atom is 0.267 e. The molecule has 0 radical (unpaired) electrons. The van der Waals surface area contributed by atoms with Gasteiger partial charge in [0, 0.05) is 23.3 Å². The highest BCUT2D eigenvalue weighted by Gasteiger charge is 2.18. The van der Waals surface area contributed by atoms with E-state index < -0.39 is 0 Å². The number of hydrogen-bond acceptors (Lipinski definition) is 6. The molecule has 0 fully saturated rings. The third-order valence-electron chi connectivity index (χ3n) is 4.80. The standard InChI is InChI=1S/C25H21N3O4S/c1-31-20-14-19(21(32-2)13-18(20)27-23(29)16-9-5-3-6-10-16)28-24(30)22-15-26-25(33-22)17-11-7-4-8-12-17/h3-15H,1-2H3,(H,27,29)(H,28,30). The minimum atomic E-state index is -0.323. The summed E-state index contributed by atoms with van der Waals surface area (Å²) in [5, 5.41) is 6.42. The predicted octanol–water partition coefficient (Wildman–Crippen LogP) is 5.33. The Labute approximate surface area is 195 Å². The topological polar surface area (TPSA) is 89.6 Å². The van der Waals surface area contributed by atoms with Crippen molar-refractivity contribution in [2.75, 3.05) is 24.9 Å². The second-order valence-electron chi connectivity index (χ2n) is 6.92. The number of ether oxygens (including phenoxy) is 2. The van der Waals surface area contributed by atoms with Crippen molar-refractivity contribution in [3.8, 4) is 22.1 Å². The Kier molecular flexibility index (Phi) is 6.66. The molecule has 0 bridgehead atoms. The van der Waals surface area contributed by atoms with Crippen LogP contribution >= 0.6 is 11.3 Å². The summed E-state index contributed by atoms with van der Waals surface area (Å²) in [5.41, 5.74) is 2.28. The van der Waals surface area contributed by atoms with Crippen molar-refractivity contribution in [3.63, 3.8) is 0 Å². The number of nitrogens with zero attached hydrogens (tertiary/aromatic N) is 1. The molecule has 1 heterocycles. The van der Waals surface area contributed by atoms with Crippen LogP contribution in [0.15, 0.2) is 79.0 Å². The van der Waals surface area contributed by atoms with Crippen LogP contribution in [-0.2, 0) is 0 Å². The zero-order valence-electron chi connectivity index (χ0n) is 18.0. The van der Waals surface area contributed by atoms with E-state index in [0.29, 0.717) is 33.3 Å². The molecule has 0 unspecified atom stereocenters. The minimum absolute atomic E-state index is 0.286. The minimum Gasteiger partial charge on any atom is -0.494 e. The molecule has 0 saturated carbocycles. The highest BCUT2D eigenvalue weighted by atomic mass is 32.1. The number of amides is 2. The van der Waals surface area contributed by atoms with Crippen LogP contribution in [0.25, 0.3) is 10.6 Å². The zero-order valence-corrected chi connectivity index (χ0v) is 18.8. The van der Waals surface area contributed by atoms with Crippen molar-refractivity contribution >= 4 is 34.5 Å². The van der Waals surface area contributed by atoms with E-state index in [1.54, 1.807) is 42.6 Å². The Morgan fingerprint density at radius 1 is 0.788 bits per heavy atom. The first kappa shape index (κ1) is 22.0. The predicted molar refractivity (Wildman–Crippen MR) is 129 cm³/mol. The summed E-state index contributed by atoms with van der Waals surface area (Å²) in [6, 6.07) is 21.7. The molecule has 0 spiro atoms. The van der Waals surface area contributed by atoms with Gasteiger partial charge in [0.1, 0.15) is 21.4 Å². The first-order valence-electron chi connectivity index (χ1n) is 10.0. The molecule has 2 amide bonds. The quantitative estimate of drug-likeness (QED) is 0.390. The fourth-order valence-corrected chi connectivity index (χ4v) is 3.97.